The summed E-state index contributed by atoms with van der Waals surface area (Å²) in [4.78, 5) is 9.18. The van der Waals surface area contributed by atoms with Gasteiger partial charge in [-0.2, -0.15) is 9.68 Å². The fourth-order valence-electron chi connectivity index (χ4n) is 0.807. The topological polar surface area (TPSA) is 74.2 Å². The van der Waals surface area contributed by atoms with E-state index in [-0.39, 0.29) is 12.7 Å². The minimum Gasteiger partial charge on any atom is -0.566 e. The van der Waals surface area contributed by atoms with Crippen LogP contribution in [0.25, 0.3) is 5.84 Å². The Morgan fingerprint density at radius 3 is 3.00 bits per heavy atom. The first-order chi connectivity index (χ1) is 4.68. The smallest absolute Gasteiger partial charge is 0.198 e. The highest BCUT2D eigenvalue weighted by molar-refractivity contribution is 4.50. The van der Waals surface area contributed by atoms with E-state index in [4.69, 9.17) is 5.84 Å². The van der Waals surface area contributed by atoms with Crippen molar-refractivity contribution in [2.45, 2.75) is 6.10 Å². The lowest BCUT2D eigenvalue weighted by Crippen LogP contribution is -3.05. The van der Waals surface area contributed by atoms with Crippen LogP contribution in [0.15, 0.2) is 0 Å². The Morgan fingerprint density at radius 2 is 2.60 bits per heavy atom. The molecule has 0 aromatic heterocycles. The molecule has 0 aromatic rings. The highest BCUT2D eigenvalue weighted by Crippen LogP contribution is 1.88. The van der Waals surface area contributed by atoms with E-state index in [1.165, 1.54) is 0 Å². The van der Waals surface area contributed by atoms with Crippen molar-refractivity contribution in [1.82, 2.24) is 0 Å². The monoisotopic (exact) mass is 149 g/mol. The molecule has 1 saturated heterocycles. The van der Waals surface area contributed by atoms with Crippen LogP contribution in [0.5, 0.6) is 0 Å². The third kappa shape index (κ3) is 2.18. The van der Waals surface area contributed by atoms with Gasteiger partial charge in [0.2, 0.25) is 0 Å². The number of hydrogen-bond donors (Lipinski definition) is 2. The quantitative estimate of drug-likeness (QED) is 0.326. The Labute approximate surface area is 58.5 Å². The van der Waals surface area contributed by atoms with Gasteiger partial charge in [0.15, 0.2) is 6.10 Å². The van der Waals surface area contributed by atoms with E-state index in [2.05, 4.69) is 9.68 Å². The first kappa shape index (κ1) is 7.86. The van der Waals surface area contributed by atoms with Gasteiger partial charge in [0, 0.05) is 0 Å². The maximum Gasteiger partial charge on any atom is 0.198 e. The second-order valence-electron chi connectivity index (χ2n) is 2.29. The van der Waals surface area contributed by atoms with E-state index >= 15 is 0 Å². The van der Waals surface area contributed by atoms with Crippen LogP contribution in [0, 0.1) is 5.21 Å². The number of nitrogens with one attached hydrogen (secondary N) is 3. The zero-order valence-corrected chi connectivity index (χ0v) is 5.72. The summed E-state index contributed by atoms with van der Waals surface area (Å²) in [5, 5.41) is 10.2. The van der Waals surface area contributed by atoms with Crippen LogP contribution in [0.4, 0.5) is 0 Å². The summed E-state index contributed by atoms with van der Waals surface area (Å²) in [5.41, 5.74) is 0. The van der Waals surface area contributed by atoms with Crippen LogP contribution in [-0.2, 0) is 9.68 Å². The zero-order valence-electron chi connectivity index (χ0n) is 5.72. The molecule has 1 fully saturated rings. The van der Waals surface area contributed by atoms with Gasteiger partial charge in [-0.25, -0.2) is 0 Å². The van der Waals surface area contributed by atoms with Crippen molar-refractivity contribution in [2.24, 2.45) is 0 Å². The van der Waals surface area contributed by atoms with Crippen molar-refractivity contribution >= 4 is 0 Å². The molecule has 60 valence electrons. The molecule has 3 unspecified atom stereocenters. The summed E-state index contributed by atoms with van der Waals surface area (Å²) in [6, 6.07) is 0. The molecule has 0 radical (unpaired) electrons. The lowest BCUT2D eigenvalue weighted by Gasteiger charge is -2.16. The molecule has 0 saturated carbocycles. The van der Waals surface area contributed by atoms with Crippen LogP contribution in [0.3, 0.4) is 0 Å². The summed E-state index contributed by atoms with van der Waals surface area (Å²) < 4.78 is 0. The van der Waals surface area contributed by atoms with Gasteiger partial charge in [0.1, 0.15) is 13.2 Å². The molecular weight excluding hydrogens is 138 g/mol. The fourth-order valence-corrected chi connectivity index (χ4v) is 0.807. The van der Waals surface area contributed by atoms with Crippen molar-refractivity contribution in [2.75, 3.05) is 20.2 Å². The number of likely N-dealkylation sites (N-methyl/N-ethyl adjacent to an activating group) is 1. The summed E-state index contributed by atoms with van der Waals surface area (Å²) in [6.45, 7) is 0.765. The minimum absolute atomic E-state index is 0.231. The number of quaternary nitrogens is 2. The van der Waals surface area contributed by atoms with Gasteiger partial charge < -0.3 is 16.1 Å². The van der Waals surface area contributed by atoms with Gasteiger partial charge in [-0.05, 0) is 0 Å². The predicted octanol–water partition coefficient (Wildman–Crippen LogP) is -2.90. The molecule has 6 nitrogen and oxygen atoms in total. The van der Waals surface area contributed by atoms with Gasteiger partial charge >= 0.3 is 0 Å². The van der Waals surface area contributed by atoms with Crippen molar-refractivity contribution in [3.05, 3.63) is 11.0 Å². The van der Waals surface area contributed by atoms with Crippen LogP contribution in [0.2, 0.25) is 0 Å². The summed E-state index contributed by atoms with van der Waals surface area (Å²) in [6.07, 6.45) is -0.231. The van der Waals surface area contributed by atoms with Gasteiger partial charge in [0.05, 0.1) is 7.05 Å². The first-order valence-corrected chi connectivity index (χ1v) is 3.06. The average Bonchev–Trinajstić information content (AvgIpc) is 2.13. The minimum atomic E-state index is -0.619. The molecule has 0 aliphatic carbocycles. The number of hydrogen-bond acceptors (Lipinski definition) is 3. The van der Waals surface area contributed by atoms with E-state index in [9.17, 15) is 5.21 Å². The van der Waals surface area contributed by atoms with Crippen molar-refractivity contribution in [3.63, 3.8) is 0 Å². The SMILES string of the molecule is C[NH+]([NH-])CC1CO[NH+]([O-])O1. The molecule has 1 heterocycles. The van der Waals surface area contributed by atoms with Crippen molar-refractivity contribution in [1.29, 1.82) is 0 Å². The summed E-state index contributed by atoms with van der Waals surface area (Å²) in [5.74, 6) is 7.08. The van der Waals surface area contributed by atoms with Crippen molar-refractivity contribution in [3.8, 4) is 0 Å². The largest absolute Gasteiger partial charge is 0.566 e. The maximum atomic E-state index is 10.3. The Balaban J connectivity index is 2.18. The Morgan fingerprint density at radius 1 is 1.90 bits per heavy atom. The van der Waals surface area contributed by atoms with Gasteiger partial charge in [0.25, 0.3) is 0 Å². The van der Waals surface area contributed by atoms with Gasteiger partial charge in [-0.1, -0.05) is 5.39 Å². The highest BCUT2D eigenvalue weighted by Gasteiger charge is 2.25. The molecule has 1 aliphatic heterocycles. The molecule has 0 aromatic carbocycles. The molecule has 0 amide bonds. The Bertz CT molecular complexity index is 110. The first-order valence-electron chi connectivity index (χ1n) is 3.06. The lowest BCUT2D eigenvalue weighted by atomic mass is 10.4. The zero-order chi connectivity index (χ0) is 7.56. The van der Waals surface area contributed by atoms with Crippen LogP contribution in [0.1, 0.15) is 0 Å². The van der Waals surface area contributed by atoms with E-state index in [1.54, 1.807) is 7.05 Å². The molecule has 1 aliphatic rings. The lowest BCUT2D eigenvalue weighted by molar-refractivity contribution is -1.19. The third-order valence-electron chi connectivity index (χ3n) is 1.18. The third-order valence-corrected chi connectivity index (χ3v) is 1.18. The van der Waals surface area contributed by atoms with Crippen molar-refractivity contribution < 1.29 is 20.1 Å². The maximum absolute atomic E-state index is 10.3. The molecule has 0 spiro atoms. The second-order valence-corrected chi connectivity index (χ2v) is 2.29. The molecular formula is C4H11N3O3. The normalized spacial score (nSPS) is 36.3. The summed E-state index contributed by atoms with van der Waals surface area (Å²) in [7, 11) is 1.67. The van der Waals surface area contributed by atoms with E-state index in [0.717, 1.165) is 0 Å². The Hall–Kier alpha value is -0.240. The second kappa shape index (κ2) is 3.24. The molecule has 3 N–H and O–H groups in total. The molecule has 10 heavy (non-hydrogen) atoms. The molecule has 0 bridgehead atoms. The fraction of sp³-hybridized carbons (Fsp3) is 1.00. The standard InChI is InChI=1S/C4H11N3O3/c1-6(5)2-4-3-9-7(8)10-4/h4-7H,2-3H2,1H3. The Kier molecular flexibility index (Phi) is 2.55. The van der Waals surface area contributed by atoms with E-state index < -0.39 is 5.39 Å². The van der Waals surface area contributed by atoms with Crippen LogP contribution < -0.4 is 10.4 Å². The summed E-state index contributed by atoms with van der Waals surface area (Å²) >= 11 is 0. The van der Waals surface area contributed by atoms with E-state index in [1.807, 2.05) is 0 Å². The van der Waals surface area contributed by atoms with Crippen LogP contribution >= 0.6 is 0 Å². The average molecular weight is 149 g/mol. The molecule has 3 atom stereocenters. The van der Waals surface area contributed by atoms with E-state index in [0.29, 0.717) is 11.6 Å². The van der Waals surface area contributed by atoms with Crippen LogP contribution in [-0.4, -0.2) is 26.3 Å². The highest BCUT2D eigenvalue weighted by atomic mass is 17.1. The van der Waals surface area contributed by atoms with Gasteiger partial charge in [-0.15, -0.1) is 0 Å². The van der Waals surface area contributed by atoms with Gasteiger partial charge in [-0.3, -0.25) is 0 Å². The predicted molar refractivity (Wildman–Crippen MR) is 31.2 cm³/mol. The molecule has 6 heteroatoms. The number of rotatable bonds is 2. The molecule has 1 rings (SSSR count).